The van der Waals surface area contributed by atoms with Gasteiger partial charge >= 0.3 is 0 Å². The first-order valence-electron chi connectivity index (χ1n) is 7.51. The maximum Gasteiger partial charge on any atom is 0.168 e. The Kier molecular flexibility index (Phi) is 4.48. The topological polar surface area (TPSA) is 18.5 Å². The highest BCUT2D eigenvalue weighted by atomic mass is 16.7. The average molecular weight is 240 g/mol. The Bertz CT molecular complexity index is 231. The monoisotopic (exact) mass is 240 g/mol. The fourth-order valence-electron chi connectivity index (χ4n) is 3.20. The first kappa shape index (κ1) is 13.4. The molecule has 1 aliphatic heterocycles. The van der Waals surface area contributed by atoms with Crippen LogP contribution in [-0.4, -0.2) is 18.5 Å². The van der Waals surface area contributed by atoms with Gasteiger partial charge in [-0.25, -0.2) is 0 Å². The molecule has 2 fully saturated rings. The maximum atomic E-state index is 6.38. The van der Waals surface area contributed by atoms with E-state index in [9.17, 15) is 0 Å². The van der Waals surface area contributed by atoms with Crippen molar-refractivity contribution in [1.82, 2.24) is 0 Å². The summed E-state index contributed by atoms with van der Waals surface area (Å²) < 4.78 is 12.5. The zero-order chi connectivity index (χ0) is 12.3. The van der Waals surface area contributed by atoms with E-state index in [1.807, 2.05) is 0 Å². The standard InChI is InChI=1S/C15H28O2/c1-4-6-14-13(5-2)11-16-15(17-14)9-7-12(3)8-10-15/h12-14H,4-11H2,1-3H3. The van der Waals surface area contributed by atoms with Gasteiger partial charge in [0.25, 0.3) is 0 Å². The van der Waals surface area contributed by atoms with Crippen LogP contribution in [0.3, 0.4) is 0 Å². The Balaban J connectivity index is 1.97. The van der Waals surface area contributed by atoms with Crippen LogP contribution in [0.5, 0.6) is 0 Å². The molecule has 1 spiro atoms. The molecule has 1 heterocycles. The molecule has 2 rings (SSSR count). The maximum absolute atomic E-state index is 6.38. The molecule has 1 saturated heterocycles. The second kappa shape index (κ2) is 5.71. The van der Waals surface area contributed by atoms with Crippen LogP contribution in [0.15, 0.2) is 0 Å². The summed E-state index contributed by atoms with van der Waals surface area (Å²) in [7, 11) is 0. The first-order valence-corrected chi connectivity index (χ1v) is 7.51. The minimum absolute atomic E-state index is 0.210. The molecule has 1 saturated carbocycles. The van der Waals surface area contributed by atoms with Crippen LogP contribution in [0.1, 0.15) is 65.7 Å². The van der Waals surface area contributed by atoms with Crippen molar-refractivity contribution in [2.75, 3.05) is 6.61 Å². The molecule has 0 aromatic carbocycles. The average Bonchev–Trinajstić information content (AvgIpc) is 2.34. The van der Waals surface area contributed by atoms with E-state index in [1.54, 1.807) is 0 Å². The summed E-state index contributed by atoms with van der Waals surface area (Å²) in [5, 5.41) is 0. The van der Waals surface area contributed by atoms with Crippen LogP contribution in [0, 0.1) is 11.8 Å². The highest BCUT2D eigenvalue weighted by molar-refractivity contribution is 4.85. The first-order chi connectivity index (χ1) is 8.19. The van der Waals surface area contributed by atoms with Gasteiger partial charge in [0.05, 0.1) is 12.7 Å². The summed E-state index contributed by atoms with van der Waals surface area (Å²) in [4.78, 5) is 0. The lowest BCUT2D eigenvalue weighted by molar-refractivity contribution is -0.325. The molecule has 0 bridgehead atoms. The van der Waals surface area contributed by atoms with Crippen molar-refractivity contribution in [3.8, 4) is 0 Å². The van der Waals surface area contributed by atoms with Gasteiger partial charge < -0.3 is 9.47 Å². The minimum atomic E-state index is -0.210. The Labute approximate surface area is 106 Å². The molecule has 2 nitrogen and oxygen atoms in total. The largest absolute Gasteiger partial charge is 0.350 e. The fraction of sp³-hybridized carbons (Fsp3) is 1.00. The van der Waals surface area contributed by atoms with Crippen molar-refractivity contribution in [3.63, 3.8) is 0 Å². The van der Waals surface area contributed by atoms with Crippen molar-refractivity contribution in [2.24, 2.45) is 11.8 Å². The van der Waals surface area contributed by atoms with Gasteiger partial charge in [-0.3, -0.25) is 0 Å². The number of ether oxygens (including phenoxy) is 2. The van der Waals surface area contributed by atoms with Gasteiger partial charge in [0, 0.05) is 18.8 Å². The van der Waals surface area contributed by atoms with Crippen LogP contribution in [0.2, 0.25) is 0 Å². The van der Waals surface area contributed by atoms with E-state index in [-0.39, 0.29) is 5.79 Å². The molecule has 2 unspecified atom stereocenters. The van der Waals surface area contributed by atoms with Crippen LogP contribution in [0.4, 0.5) is 0 Å². The second-order valence-electron chi connectivity index (χ2n) is 6.02. The molecule has 2 aliphatic rings. The Morgan fingerprint density at radius 2 is 1.88 bits per heavy atom. The van der Waals surface area contributed by atoms with Crippen molar-refractivity contribution >= 4 is 0 Å². The van der Waals surface area contributed by atoms with Crippen LogP contribution in [-0.2, 0) is 9.47 Å². The normalized spacial score (nSPS) is 42.9. The molecule has 0 aromatic rings. The van der Waals surface area contributed by atoms with Crippen LogP contribution < -0.4 is 0 Å². The lowest BCUT2D eigenvalue weighted by Crippen LogP contribution is -2.50. The van der Waals surface area contributed by atoms with E-state index in [2.05, 4.69) is 20.8 Å². The van der Waals surface area contributed by atoms with Gasteiger partial charge in [-0.2, -0.15) is 0 Å². The zero-order valence-corrected chi connectivity index (χ0v) is 11.7. The summed E-state index contributed by atoms with van der Waals surface area (Å²) in [5.74, 6) is 1.25. The summed E-state index contributed by atoms with van der Waals surface area (Å²) in [5.41, 5.74) is 0. The molecule has 100 valence electrons. The number of rotatable bonds is 3. The van der Waals surface area contributed by atoms with Gasteiger partial charge in [0.15, 0.2) is 5.79 Å². The summed E-state index contributed by atoms with van der Waals surface area (Å²) in [6.45, 7) is 7.76. The lowest BCUT2D eigenvalue weighted by atomic mass is 9.84. The third kappa shape index (κ3) is 3.03. The SMILES string of the molecule is CCCC1OC2(CCC(C)CC2)OCC1CC. The molecule has 0 N–H and O–H groups in total. The third-order valence-electron chi connectivity index (χ3n) is 4.59. The van der Waals surface area contributed by atoms with Gasteiger partial charge in [-0.05, 0) is 31.6 Å². The summed E-state index contributed by atoms with van der Waals surface area (Å²) in [6, 6.07) is 0. The Morgan fingerprint density at radius 1 is 1.18 bits per heavy atom. The van der Waals surface area contributed by atoms with E-state index < -0.39 is 0 Å². The van der Waals surface area contributed by atoms with Gasteiger partial charge in [0.1, 0.15) is 0 Å². The van der Waals surface area contributed by atoms with E-state index in [0.29, 0.717) is 12.0 Å². The van der Waals surface area contributed by atoms with E-state index in [4.69, 9.17) is 9.47 Å². The van der Waals surface area contributed by atoms with Gasteiger partial charge in [0.2, 0.25) is 0 Å². The van der Waals surface area contributed by atoms with Crippen molar-refractivity contribution in [2.45, 2.75) is 77.6 Å². The number of hydrogen-bond acceptors (Lipinski definition) is 2. The molecule has 2 atom stereocenters. The van der Waals surface area contributed by atoms with Gasteiger partial charge in [-0.15, -0.1) is 0 Å². The van der Waals surface area contributed by atoms with Crippen LogP contribution in [0.25, 0.3) is 0 Å². The summed E-state index contributed by atoms with van der Waals surface area (Å²) in [6.07, 6.45) is 8.75. The zero-order valence-electron chi connectivity index (χ0n) is 11.7. The Hall–Kier alpha value is -0.0800. The van der Waals surface area contributed by atoms with Crippen molar-refractivity contribution in [3.05, 3.63) is 0 Å². The van der Waals surface area contributed by atoms with Crippen molar-refractivity contribution in [1.29, 1.82) is 0 Å². The quantitative estimate of drug-likeness (QED) is 0.738. The lowest BCUT2D eigenvalue weighted by Gasteiger charge is -2.47. The molecule has 0 aromatic heterocycles. The Morgan fingerprint density at radius 3 is 2.47 bits per heavy atom. The molecule has 2 heteroatoms. The van der Waals surface area contributed by atoms with Crippen LogP contribution >= 0.6 is 0 Å². The molecule has 1 aliphatic carbocycles. The smallest absolute Gasteiger partial charge is 0.168 e. The highest BCUT2D eigenvalue weighted by Gasteiger charge is 2.43. The predicted molar refractivity (Wildman–Crippen MR) is 69.9 cm³/mol. The molecule has 0 radical (unpaired) electrons. The van der Waals surface area contributed by atoms with E-state index >= 15 is 0 Å². The molecular formula is C15H28O2. The second-order valence-corrected chi connectivity index (χ2v) is 6.02. The molecular weight excluding hydrogens is 212 g/mol. The molecule has 17 heavy (non-hydrogen) atoms. The van der Waals surface area contributed by atoms with E-state index in [0.717, 1.165) is 25.4 Å². The minimum Gasteiger partial charge on any atom is -0.350 e. The summed E-state index contributed by atoms with van der Waals surface area (Å²) >= 11 is 0. The van der Waals surface area contributed by atoms with E-state index in [1.165, 1.54) is 32.1 Å². The molecule has 0 amide bonds. The highest BCUT2D eigenvalue weighted by Crippen LogP contribution is 2.41. The third-order valence-corrected chi connectivity index (χ3v) is 4.59. The van der Waals surface area contributed by atoms with Gasteiger partial charge in [-0.1, -0.05) is 27.2 Å². The fourth-order valence-corrected chi connectivity index (χ4v) is 3.20. The predicted octanol–water partition coefficient (Wildman–Crippen LogP) is 4.13. The van der Waals surface area contributed by atoms with Crippen molar-refractivity contribution < 1.29 is 9.47 Å². The number of hydrogen-bond donors (Lipinski definition) is 0.